The Morgan fingerprint density at radius 1 is 1.25 bits per heavy atom. The Morgan fingerprint density at radius 3 is 2.54 bits per heavy atom. The molecule has 0 radical (unpaired) electrons. The van der Waals surface area contributed by atoms with Crippen molar-refractivity contribution in [1.82, 2.24) is 25.5 Å². The van der Waals surface area contributed by atoms with Gasteiger partial charge in [0.2, 0.25) is 11.1 Å². The number of carbonyl (C=O) groups excluding carboxylic acids is 2. The van der Waals surface area contributed by atoms with Crippen LogP contribution in [0.15, 0.2) is 23.4 Å². The third-order valence-electron chi connectivity index (χ3n) is 3.52. The summed E-state index contributed by atoms with van der Waals surface area (Å²) < 4.78 is 1.57. The van der Waals surface area contributed by atoms with Gasteiger partial charge in [-0.3, -0.25) is 10.1 Å². The zero-order chi connectivity index (χ0) is 17.9. The quantitative estimate of drug-likeness (QED) is 0.793. The molecule has 1 aromatic carbocycles. The first kappa shape index (κ1) is 17.9. The number of urea groups is 1. The lowest BCUT2D eigenvalue weighted by atomic mass is 10.1. The summed E-state index contributed by atoms with van der Waals surface area (Å²) in [5.74, 6) is -0.503. The van der Waals surface area contributed by atoms with Gasteiger partial charge in [0.1, 0.15) is 0 Å². The number of imide groups is 1. The van der Waals surface area contributed by atoms with Gasteiger partial charge in [-0.15, -0.1) is 5.10 Å². The van der Waals surface area contributed by atoms with Gasteiger partial charge in [0.05, 0.1) is 10.9 Å². The lowest BCUT2D eigenvalue weighted by Gasteiger charge is -2.18. The number of amides is 3. The molecule has 0 bridgehead atoms. The topological polar surface area (TPSA) is 116 Å². The third-order valence-corrected chi connectivity index (χ3v) is 5.00. The van der Waals surface area contributed by atoms with Crippen LogP contribution in [0.25, 0.3) is 5.69 Å². The number of hydrogen-bond acceptors (Lipinski definition) is 6. The Balaban J connectivity index is 2.29. The van der Waals surface area contributed by atoms with Crippen molar-refractivity contribution in [2.45, 2.75) is 38.1 Å². The highest BCUT2D eigenvalue weighted by Crippen LogP contribution is 2.28. The molecule has 3 amide bonds. The number of primary amides is 1. The van der Waals surface area contributed by atoms with Gasteiger partial charge in [0.25, 0.3) is 0 Å². The smallest absolute Gasteiger partial charge is 0.318 e. The van der Waals surface area contributed by atoms with Gasteiger partial charge in [-0.1, -0.05) is 31.7 Å². The second-order valence-electron chi connectivity index (χ2n) is 5.78. The molecular weight excluding hydrogens is 328 g/mol. The fourth-order valence-corrected chi connectivity index (χ4v) is 3.06. The Bertz CT molecular complexity index is 758. The Labute approximate surface area is 144 Å². The fraction of sp³-hybridized carbons (Fsp3) is 0.400. The summed E-state index contributed by atoms with van der Waals surface area (Å²) >= 11 is 1.19. The van der Waals surface area contributed by atoms with Gasteiger partial charge in [-0.25, -0.2) is 4.79 Å². The van der Waals surface area contributed by atoms with Gasteiger partial charge < -0.3 is 5.73 Å². The second kappa shape index (κ2) is 7.43. The van der Waals surface area contributed by atoms with Crippen molar-refractivity contribution in [2.75, 3.05) is 0 Å². The van der Waals surface area contributed by atoms with Gasteiger partial charge in [-0.2, -0.15) is 4.68 Å². The number of rotatable bonds is 5. The number of nitrogens with one attached hydrogen (secondary N) is 1. The minimum atomic E-state index is -0.875. The molecule has 0 aliphatic rings. The van der Waals surface area contributed by atoms with Crippen LogP contribution in [0.2, 0.25) is 0 Å². The molecule has 0 saturated heterocycles. The number of nitrogens with zero attached hydrogens (tertiary/aromatic N) is 4. The van der Waals surface area contributed by atoms with Crippen molar-refractivity contribution in [3.8, 4) is 5.69 Å². The van der Waals surface area contributed by atoms with E-state index in [0.29, 0.717) is 5.16 Å². The number of aryl methyl sites for hydroxylation is 2. The highest BCUT2D eigenvalue weighted by molar-refractivity contribution is 8.00. The molecule has 1 heterocycles. The third kappa shape index (κ3) is 4.10. The summed E-state index contributed by atoms with van der Waals surface area (Å²) in [7, 11) is 0. The van der Waals surface area contributed by atoms with Crippen LogP contribution in [0, 0.1) is 19.8 Å². The number of nitrogens with two attached hydrogens (primary N) is 1. The van der Waals surface area contributed by atoms with Crippen LogP contribution in [0.1, 0.15) is 25.0 Å². The number of aromatic nitrogens is 4. The molecule has 3 N–H and O–H groups in total. The van der Waals surface area contributed by atoms with Crippen LogP contribution in [0.5, 0.6) is 0 Å². The van der Waals surface area contributed by atoms with Crippen molar-refractivity contribution in [1.29, 1.82) is 0 Å². The van der Waals surface area contributed by atoms with E-state index in [-0.39, 0.29) is 5.92 Å². The van der Waals surface area contributed by atoms with Crippen LogP contribution >= 0.6 is 11.8 Å². The van der Waals surface area contributed by atoms with E-state index in [1.807, 2.05) is 45.9 Å². The SMILES string of the molecule is Cc1ccc(-n2nnnc2S[C@H](C(=O)NC(N)=O)C(C)C)cc1C. The van der Waals surface area contributed by atoms with E-state index in [9.17, 15) is 9.59 Å². The molecule has 2 rings (SSSR count). The lowest BCUT2D eigenvalue weighted by molar-refractivity contribution is -0.120. The number of tetrazole rings is 1. The van der Waals surface area contributed by atoms with Crippen LogP contribution in [-0.4, -0.2) is 37.4 Å². The summed E-state index contributed by atoms with van der Waals surface area (Å²) in [6, 6.07) is 5.00. The lowest BCUT2D eigenvalue weighted by Crippen LogP contribution is -2.42. The monoisotopic (exact) mass is 348 g/mol. The minimum Gasteiger partial charge on any atom is -0.351 e. The highest BCUT2D eigenvalue weighted by atomic mass is 32.2. The molecule has 128 valence electrons. The first-order valence-corrected chi connectivity index (χ1v) is 8.30. The number of hydrogen-bond donors (Lipinski definition) is 2. The molecule has 0 aliphatic heterocycles. The summed E-state index contributed by atoms with van der Waals surface area (Å²) in [6.07, 6.45) is 0. The number of benzene rings is 1. The average Bonchev–Trinajstić information content (AvgIpc) is 2.94. The maximum absolute atomic E-state index is 12.2. The maximum Gasteiger partial charge on any atom is 0.318 e. The van der Waals surface area contributed by atoms with Crippen molar-refractivity contribution in [3.63, 3.8) is 0 Å². The van der Waals surface area contributed by atoms with Crippen LogP contribution in [0.3, 0.4) is 0 Å². The fourth-order valence-electron chi connectivity index (χ4n) is 2.07. The van der Waals surface area contributed by atoms with E-state index in [4.69, 9.17) is 5.73 Å². The Hall–Kier alpha value is -2.42. The van der Waals surface area contributed by atoms with Gasteiger partial charge in [0.15, 0.2) is 0 Å². The van der Waals surface area contributed by atoms with Crippen LogP contribution in [0.4, 0.5) is 4.79 Å². The van der Waals surface area contributed by atoms with Crippen LogP contribution < -0.4 is 11.1 Å². The van der Waals surface area contributed by atoms with E-state index in [0.717, 1.165) is 11.3 Å². The molecule has 1 atom stereocenters. The second-order valence-corrected chi connectivity index (χ2v) is 6.89. The van der Waals surface area contributed by atoms with Crippen LogP contribution in [-0.2, 0) is 4.79 Å². The molecule has 0 spiro atoms. The molecule has 0 unspecified atom stereocenters. The maximum atomic E-state index is 12.2. The molecule has 0 fully saturated rings. The van der Waals surface area contributed by atoms with Crippen molar-refractivity contribution < 1.29 is 9.59 Å². The van der Waals surface area contributed by atoms with Gasteiger partial charge >= 0.3 is 6.03 Å². The molecule has 8 nitrogen and oxygen atoms in total. The molecular formula is C15H20N6O2S. The molecule has 0 aliphatic carbocycles. The molecule has 24 heavy (non-hydrogen) atoms. The normalized spacial score (nSPS) is 12.2. The van der Waals surface area contributed by atoms with Crippen molar-refractivity contribution in [2.24, 2.45) is 11.7 Å². The summed E-state index contributed by atoms with van der Waals surface area (Å²) in [6.45, 7) is 7.79. The van der Waals surface area contributed by atoms with E-state index in [1.54, 1.807) is 4.68 Å². The number of carbonyl (C=O) groups is 2. The highest BCUT2D eigenvalue weighted by Gasteiger charge is 2.27. The minimum absolute atomic E-state index is 0.0424. The van der Waals surface area contributed by atoms with E-state index in [2.05, 4.69) is 20.8 Å². The standard InChI is InChI=1S/C15H20N6O2S/c1-8(2)12(13(22)17-14(16)23)24-15-18-19-20-21(15)11-6-5-9(3)10(4)7-11/h5-8,12H,1-4H3,(H3,16,17,22,23)/t12-/m0/s1. The summed E-state index contributed by atoms with van der Waals surface area (Å²) in [5.41, 5.74) is 8.12. The first-order valence-electron chi connectivity index (χ1n) is 7.42. The van der Waals surface area contributed by atoms with E-state index in [1.165, 1.54) is 17.3 Å². The Kier molecular flexibility index (Phi) is 5.55. The van der Waals surface area contributed by atoms with Gasteiger partial charge in [0, 0.05) is 0 Å². The Morgan fingerprint density at radius 2 is 1.96 bits per heavy atom. The average molecular weight is 348 g/mol. The predicted octanol–water partition coefficient (Wildman–Crippen LogP) is 1.59. The van der Waals surface area contributed by atoms with Gasteiger partial charge in [-0.05, 0) is 53.5 Å². The zero-order valence-corrected chi connectivity index (χ0v) is 14.8. The molecule has 9 heteroatoms. The molecule has 1 aromatic heterocycles. The summed E-state index contributed by atoms with van der Waals surface area (Å²) in [4.78, 5) is 23.1. The zero-order valence-electron chi connectivity index (χ0n) is 14.0. The van der Waals surface area contributed by atoms with E-state index >= 15 is 0 Å². The molecule has 0 saturated carbocycles. The number of thioether (sulfide) groups is 1. The van der Waals surface area contributed by atoms with Crippen molar-refractivity contribution >= 4 is 23.7 Å². The first-order chi connectivity index (χ1) is 11.3. The molecule has 2 aromatic rings. The summed E-state index contributed by atoms with van der Waals surface area (Å²) in [5, 5.41) is 13.7. The predicted molar refractivity (Wildman–Crippen MR) is 90.8 cm³/mol. The van der Waals surface area contributed by atoms with E-state index < -0.39 is 17.2 Å². The largest absolute Gasteiger partial charge is 0.351 e. The van der Waals surface area contributed by atoms with Crippen molar-refractivity contribution in [3.05, 3.63) is 29.3 Å².